The van der Waals surface area contributed by atoms with Crippen molar-refractivity contribution in [3.05, 3.63) is 66.0 Å². The first kappa shape index (κ1) is 16.5. The fourth-order valence-electron chi connectivity index (χ4n) is 2.65. The molecule has 1 aliphatic rings. The Morgan fingerprint density at radius 3 is 2.75 bits per heavy atom. The molecule has 2 atom stereocenters. The summed E-state index contributed by atoms with van der Waals surface area (Å²) in [6, 6.07) is 12.7. The van der Waals surface area contributed by atoms with Gasteiger partial charge in [-0.2, -0.15) is 0 Å². The second-order valence-corrected chi connectivity index (χ2v) is 6.67. The average molecular weight is 341 g/mol. The Labute approximate surface area is 145 Å². The zero-order valence-corrected chi connectivity index (χ0v) is 14.2. The van der Waals surface area contributed by atoms with Gasteiger partial charge in [0.25, 0.3) is 5.91 Å². The van der Waals surface area contributed by atoms with E-state index in [4.69, 9.17) is 0 Å². The number of hydrogen-bond donors (Lipinski definition) is 1. The quantitative estimate of drug-likeness (QED) is 0.928. The van der Waals surface area contributed by atoms with Crippen LogP contribution < -0.4 is 5.32 Å². The number of aromatic nitrogens is 1. The van der Waals surface area contributed by atoms with E-state index in [2.05, 4.69) is 10.3 Å². The van der Waals surface area contributed by atoms with Gasteiger partial charge in [0, 0.05) is 18.1 Å². The molecule has 2 heterocycles. The highest BCUT2D eigenvalue weighted by Crippen LogP contribution is 2.24. The lowest BCUT2D eigenvalue weighted by Gasteiger charge is -2.25. The minimum absolute atomic E-state index is 0.0976. The number of hydrogen-bond acceptors (Lipinski definition) is 4. The van der Waals surface area contributed by atoms with Crippen LogP contribution in [0.3, 0.4) is 0 Å². The molecule has 24 heavy (non-hydrogen) atoms. The lowest BCUT2D eigenvalue weighted by Crippen LogP contribution is -2.47. The van der Waals surface area contributed by atoms with Gasteiger partial charge in [0.15, 0.2) is 0 Å². The molecule has 0 saturated carbocycles. The van der Waals surface area contributed by atoms with E-state index in [1.165, 1.54) is 6.20 Å². The van der Waals surface area contributed by atoms with E-state index >= 15 is 0 Å². The predicted octanol–water partition coefficient (Wildman–Crippen LogP) is 2.47. The second-order valence-electron chi connectivity index (χ2n) is 5.67. The van der Waals surface area contributed by atoms with Crippen LogP contribution in [0.2, 0.25) is 0 Å². The summed E-state index contributed by atoms with van der Waals surface area (Å²) in [4.78, 5) is 30.9. The minimum Gasteiger partial charge on any atom is -0.348 e. The number of carbonyl (C=O) groups excluding carboxylic acids is 2. The van der Waals surface area contributed by atoms with E-state index < -0.39 is 6.04 Å². The number of thioether (sulfide) groups is 1. The topological polar surface area (TPSA) is 62.3 Å². The standard InChI is InChI=1S/C18H19N3O2S/c1-13(14-6-3-2-4-7-14)20-17(22)16-11-24-12-21(16)18(23)15-8-5-9-19-10-15/h2-10,13,16H,11-12H2,1H3,(H,20,22)/t13-,16+/m1/s1. The molecular formula is C18H19N3O2S. The third kappa shape index (κ3) is 3.59. The molecule has 0 unspecified atom stereocenters. The molecule has 0 bridgehead atoms. The summed E-state index contributed by atoms with van der Waals surface area (Å²) in [7, 11) is 0. The molecule has 6 heteroatoms. The minimum atomic E-state index is -0.450. The summed E-state index contributed by atoms with van der Waals surface area (Å²) in [6.07, 6.45) is 3.16. The number of carbonyl (C=O) groups is 2. The molecule has 3 rings (SSSR count). The molecule has 2 aromatic rings. The molecule has 1 fully saturated rings. The number of pyridine rings is 1. The Morgan fingerprint density at radius 2 is 2.04 bits per heavy atom. The van der Waals surface area contributed by atoms with Crippen LogP contribution in [0.15, 0.2) is 54.9 Å². The van der Waals surface area contributed by atoms with Crippen LogP contribution in [0.1, 0.15) is 28.9 Å². The third-order valence-corrected chi connectivity index (χ3v) is 5.02. The summed E-state index contributed by atoms with van der Waals surface area (Å²) in [5, 5.41) is 3.01. The predicted molar refractivity (Wildman–Crippen MR) is 94.5 cm³/mol. The van der Waals surface area contributed by atoms with Crippen LogP contribution in [-0.4, -0.2) is 39.4 Å². The van der Waals surface area contributed by atoms with Crippen molar-refractivity contribution in [3.63, 3.8) is 0 Å². The van der Waals surface area contributed by atoms with Crippen LogP contribution in [0.4, 0.5) is 0 Å². The number of amides is 2. The molecule has 124 valence electrons. The number of benzene rings is 1. The van der Waals surface area contributed by atoms with E-state index in [0.717, 1.165) is 5.56 Å². The monoisotopic (exact) mass is 341 g/mol. The summed E-state index contributed by atoms with van der Waals surface area (Å²) < 4.78 is 0. The number of nitrogens with zero attached hydrogens (tertiary/aromatic N) is 2. The summed E-state index contributed by atoms with van der Waals surface area (Å²) in [6.45, 7) is 1.95. The lowest BCUT2D eigenvalue weighted by molar-refractivity contribution is -0.125. The van der Waals surface area contributed by atoms with Crippen molar-refractivity contribution >= 4 is 23.6 Å². The van der Waals surface area contributed by atoms with Gasteiger partial charge in [-0.1, -0.05) is 30.3 Å². The zero-order chi connectivity index (χ0) is 16.9. The van der Waals surface area contributed by atoms with E-state index in [-0.39, 0.29) is 17.9 Å². The maximum atomic E-state index is 12.6. The SMILES string of the molecule is C[C@@H](NC(=O)[C@@H]1CSCN1C(=O)c1cccnc1)c1ccccc1. The molecule has 5 nitrogen and oxygen atoms in total. The summed E-state index contributed by atoms with van der Waals surface area (Å²) >= 11 is 1.59. The lowest BCUT2D eigenvalue weighted by atomic mass is 10.1. The van der Waals surface area contributed by atoms with Gasteiger partial charge in [-0.05, 0) is 24.6 Å². The van der Waals surface area contributed by atoms with Gasteiger partial charge in [-0.25, -0.2) is 0 Å². The Balaban J connectivity index is 1.69. The van der Waals surface area contributed by atoms with Crippen molar-refractivity contribution in [2.75, 3.05) is 11.6 Å². The molecule has 1 aromatic heterocycles. The Kier molecular flexibility index (Phi) is 5.15. The third-order valence-electron chi connectivity index (χ3n) is 4.01. The first-order valence-corrected chi connectivity index (χ1v) is 8.96. The molecule has 0 spiro atoms. The van der Waals surface area contributed by atoms with Gasteiger partial charge in [0.05, 0.1) is 17.5 Å². The molecule has 1 aliphatic heterocycles. The van der Waals surface area contributed by atoms with Crippen molar-refractivity contribution in [1.29, 1.82) is 0 Å². The molecule has 1 N–H and O–H groups in total. The zero-order valence-electron chi connectivity index (χ0n) is 13.4. The van der Waals surface area contributed by atoms with Crippen molar-refractivity contribution in [1.82, 2.24) is 15.2 Å². The highest BCUT2D eigenvalue weighted by molar-refractivity contribution is 7.99. The van der Waals surface area contributed by atoms with Crippen molar-refractivity contribution in [2.24, 2.45) is 0 Å². The summed E-state index contributed by atoms with van der Waals surface area (Å²) in [5.74, 6) is 0.861. The normalized spacial score (nSPS) is 18.2. The molecule has 0 aliphatic carbocycles. The average Bonchev–Trinajstić information content (AvgIpc) is 3.12. The van der Waals surface area contributed by atoms with Crippen LogP contribution in [0.25, 0.3) is 0 Å². The Hall–Kier alpha value is -2.34. The van der Waals surface area contributed by atoms with E-state index in [9.17, 15) is 9.59 Å². The Morgan fingerprint density at radius 1 is 1.25 bits per heavy atom. The summed E-state index contributed by atoms with van der Waals surface area (Å²) in [5.41, 5.74) is 1.55. The fourth-order valence-corrected chi connectivity index (χ4v) is 3.80. The van der Waals surface area contributed by atoms with Gasteiger partial charge < -0.3 is 10.2 Å². The Bertz CT molecular complexity index is 709. The fraction of sp³-hybridized carbons (Fsp3) is 0.278. The van der Waals surface area contributed by atoms with Gasteiger partial charge >= 0.3 is 0 Å². The van der Waals surface area contributed by atoms with Gasteiger partial charge in [-0.3, -0.25) is 14.6 Å². The maximum absolute atomic E-state index is 12.6. The molecule has 1 saturated heterocycles. The van der Waals surface area contributed by atoms with Gasteiger partial charge in [-0.15, -0.1) is 11.8 Å². The van der Waals surface area contributed by atoms with Crippen LogP contribution >= 0.6 is 11.8 Å². The smallest absolute Gasteiger partial charge is 0.256 e. The molecular weight excluding hydrogens is 322 g/mol. The van der Waals surface area contributed by atoms with E-state index in [1.54, 1.807) is 35.0 Å². The van der Waals surface area contributed by atoms with Crippen molar-refractivity contribution in [3.8, 4) is 0 Å². The first-order chi connectivity index (χ1) is 11.7. The molecule has 1 aromatic carbocycles. The van der Waals surface area contributed by atoms with E-state index in [0.29, 0.717) is 17.2 Å². The van der Waals surface area contributed by atoms with Gasteiger partial charge in [0.1, 0.15) is 6.04 Å². The van der Waals surface area contributed by atoms with Crippen LogP contribution in [0, 0.1) is 0 Å². The van der Waals surface area contributed by atoms with Crippen LogP contribution in [-0.2, 0) is 4.79 Å². The van der Waals surface area contributed by atoms with Crippen LogP contribution in [0.5, 0.6) is 0 Å². The largest absolute Gasteiger partial charge is 0.348 e. The first-order valence-electron chi connectivity index (χ1n) is 7.81. The van der Waals surface area contributed by atoms with Gasteiger partial charge in [0.2, 0.25) is 5.91 Å². The molecule has 2 amide bonds. The molecule has 0 radical (unpaired) electrons. The maximum Gasteiger partial charge on any atom is 0.256 e. The van der Waals surface area contributed by atoms with E-state index in [1.807, 2.05) is 37.3 Å². The second kappa shape index (κ2) is 7.49. The number of nitrogens with one attached hydrogen (secondary N) is 1. The van der Waals surface area contributed by atoms with Crippen molar-refractivity contribution in [2.45, 2.75) is 19.0 Å². The highest BCUT2D eigenvalue weighted by Gasteiger charge is 2.35. The van der Waals surface area contributed by atoms with Crippen molar-refractivity contribution < 1.29 is 9.59 Å². The highest BCUT2D eigenvalue weighted by atomic mass is 32.2. The number of rotatable bonds is 4.